The molecule has 26 heavy (non-hydrogen) atoms. The van der Waals surface area contributed by atoms with Gasteiger partial charge in [-0.2, -0.15) is 0 Å². The monoisotopic (exact) mass is 370 g/mol. The van der Waals surface area contributed by atoms with E-state index in [9.17, 15) is 31.5 Å². The molecule has 136 valence electrons. The van der Waals surface area contributed by atoms with Crippen molar-refractivity contribution in [1.29, 1.82) is 0 Å². The second-order valence-electron chi connectivity index (χ2n) is 5.71. The van der Waals surface area contributed by atoms with E-state index < -0.39 is 52.5 Å². The number of carbonyl (C=O) groups excluding carboxylic acids is 2. The lowest BCUT2D eigenvalue weighted by Crippen LogP contribution is -2.29. The van der Waals surface area contributed by atoms with Gasteiger partial charge in [0.25, 0.3) is 0 Å². The van der Waals surface area contributed by atoms with Crippen molar-refractivity contribution in [3.8, 4) is 0 Å². The van der Waals surface area contributed by atoms with Crippen LogP contribution in [0, 0.1) is 35.0 Å². The molecule has 0 aromatic heterocycles. The van der Waals surface area contributed by atoms with Crippen LogP contribution in [0.15, 0.2) is 30.3 Å². The first-order valence-corrected chi connectivity index (χ1v) is 7.47. The fraction of sp³-hybridized carbons (Fsp3) is 0.176. The Morgan fingerprint density at radius 1 is 1.00 bits per heavy atom. The highest BCUT2D eigenvalue weighted by Crippen LogP contribution is 2.29. The highest BCUT2D eigenvalue weighted by Gasteiger charge is 2.36. The number of anilines is 2. The molecular formula is C17H11F5N2O2. The van der Waals surface area contributed by atoms with Crippen LogP contribution in [0.4, 0.5) is 33.3 Å². The van der Waals surface area contributed by atoms with Crippen molar-refractivity contribution in [2.45, 2.75) is 6.42 Å². The van der Waals surface area contributed by atoms with E-state index in [0.717, 1.165) is 23.1 Å². The first-order chi connectivity index (χ1) is 12.3. The maximum atomic E-state index is 13.8. The summed E-state index contributed by atoms with van der Waals surface area (Å²) in [5, 5.41) is 2.08. The predicted octanol–water partition coefficient (Wildman–Crippen LogP) is 3.37. The lowest BCUT2D eigenvalue weighted by molar-refractivity contribution is -0.122. The van der Waals surface area contributed by atoms with Gasteiger partial charge in [0.15, 0.2) is 17.5 Å². The minimum atomic E-state index is -1.74. The number of halogens is 5. The fourth-order valence-electron chi connectivity index (χ4n) is 2.67. The molecular weight excluding hydrogens is 359 g/mol. The lowest BCUT2D eigenvalue weighted by Gasteiger charge is -2.17. The van der Waals surface area contributed by atoms with E-state index >= 15 is 0 Å². The van der Waals surface area contributed by atoms with Crippen molar-refractivity contribution in [3.05, 3.63) is 59.4 Å². The van der Waals surface area contributed by atoms with Gasteiger partial charge in [0.1, 0.15) is 11.6 Å². The Morgan fingerprint density at radius 2 is 1.73 bits per heavy atom. The Morgan fingerprint density at radius 3 is 2.42 bits per heavy atom. The third kappa shape index (κ3) is 3.24. The molecule has 2 aromatic carbocycles. The molecule has 1 aliphatic heterocycles. The van der Waals surface area contributed by atoms with Gasteiger partial charge in [-0.25, -0.2) is 22.0 Å². The van der Waals surface area contributed by atoms with Crippen LogP contribution in [0.5, 0.6) is 0 Å². The summed E-state index contributed by atoms with van der Waals surface area (Å²) in [6.07, 6.45) is -0.298. The maximum Gasteiger partial charge on any atom is 0.229 e. The van der Waals surface area contributed by atoms with Crippen LogP contribution in [-0.4, -0.2) is 18.4 Å². The SMILES string of the molecule is O=C(Nc1ccc(F)c(F)c1F)C1CC(=O)N(c2ccc(F)cc2F)C1. The number of carbonyl (C=O) groups is 2. The molecule has 3 rings (SSSR count). The summed E-state index contributed by atoms with van der Waals surface area (Å²) in [6.45, 7) is -0.224. The standard InChI is InChI=1S/C17H11F5N2O2/c18-9-1-4-13(11(20)6-9)24-7-8(5-14(24)25)17(26)23-12-3-2-10(19)15(21)16(12)22/h1-4,6,8H,5,7H2,(H,23,26). The second kappa shape index (κ2) is 6.74. The zero-order chi connectivity index (χ0) is 19.0. The summed E-state index contributed by atoms with van der Waals surface area (Å²) < 4.78 is 66.5. The zero-order valence-corrected chi connectivity index (χ0v) is 13.0. The Hall–Kier alpha value is -2.97. The Bertz CT molecular complexity index is 903. The molecule has 1 atom stereocenters. The molecule has 0 radical (unpaired) electrons. The summed E-state index contributed by atoms with van der Waals surface area (Å²) in [5.74, 6) is -8.86. The normalized spacial score (nSPS) is 16.9. The molecule has 4 nitrogen and oxygen atoms in total. The van der Waals surface area contributed by atoms with Gasteiger partial charge in [-0.15, -0.1) is 0 Å². The van der Waals surface area contributed by atoms with E-state index in [-0.39, 0.29) is 18.7 Å². The molecule has 1 heterocycles. The Labute approximate surface area is 144 Å². The van der Waals surface area contributed by atoms with E-state index in [1.807, 2.05) is 0 Å². The van der Waals surface area contributed by atoms with Gasteiger partial charge in [-0.05, 0) is 24.3 Å². The second-order valence-corrected chi connectivity index (χ2v) is 5.71. The molecule has 1 unspecified atom stereocenters. The number of rotatable bonds is 3. The largest absolute Gasteiger partial charge is 0.323 e. The van der Waals surface area contributed by atoms with Crippen LogP contribution < -0.4 is 10.2 Å². The van der Waals surface area contributed by atoms with Crippen LogP contribution in [0.25, 0.3) is 0 Å². The predicted molar refractivity (Wildman–Crippen MR) is 81.8 cm³/mol. The van der Waals surface area contributed by atoms with Crippen molar-refractivity contribution >= 4 is 23.2 Å². The van der Waals surface area contributed by atoms with Crippen molar-refractivity contribution < 1.29 is 31.5 Å². The van der Waals surface area contributed by atoms with Crippen molar-refractivity contribution in [2.75, 3.05) is 16.8 Å². The summed E-state index contributed by atoms with van der Waals surface area (Å²) >= 11 is 0. The van der Waals surface area contributed by atoms with Crippen molar-refractivity contribution in [2.24, 2.45) is 5.92 Å². The molecule has 1 N–H and O–H groups in total. The minimum Gasteiger partial charge on any atom is -0.323 e. The van der Waals surface area contributed by atoms with Crippen molar-refractivity contribution in [1.82, 2.24) is 0 Å². The molecule has 0 spiro atoms. The number of hydrogen-bond acceptors (Lipinski definition) is 2. The highest BCUT2D eigenvalue weighted by atomic mass is 19.2. The molecule has 1 aliphatic rings. The number of nitrogens with one attached hydrogen (secondary N) is 1. The molecule has 2 amide bonds. The van der Waals surface area contributed by atoms with Gasteiger partial charge in [0.2, 0.25) is 11.8 Å². The first kappa shape index (κ1) is 17.8. The van der Waals surface area contributed by atoms with Crippen LogP contribution in [0.3, 0.4) is 0 Å². The molecule has 2 aromatic rings. The van der Waals surface area contributed by atoms with E-state index in [0.29, 0.717) is 12.1 Å². The first-order valence-electron chi connectivity index (χ1n) is 7.47. The van der Waals surface area contributed by atoms with E-state index in [4.69, 9.17) is 0 Å². The van der Waals surface area contributed by atoms with E-state index in [1.54, 1.807) is 0 Å². The average molecular weight is 370 g/mol. The Kier molecular flexibility index (Phi) is 4.62. The number of amides is 2. The third-order valence-electron chi connectivity index (χ3n) is 3.99. The van der Waals surface area contributed by atoms with E-state index in [1.165, 1.54) is 0 Å². The van der Waals surface area contributed by atoms with Crippen molar-refractivity contribution in [3.63, 3.8) is 0 Å². The molecule has 0 aliphatic carbocycles. The lowest BCUT2D eigenvalue weighted by atomic mass is 10.1. The topological polar surface area (TPSA) is 49.4 Å². The molecule has 1 fully saturated rings. The minimum absolute atomic E-state index is 0.189. The van der Waals surface area contributed by atoms with Gasteiger partial charge in [-0.3, -0.25) is 9.59 Å². The zero-order valence-electron chi connectivity index (χ0n) is 13.0. The average Bonchev–Trinajstić information content (AvgIpc) is 2.97. The van der Waals surface area contributed by atoms with Gasteiger partial charge < -0.3 is 10.2 Å². The molecule has 1 saturated heterocycles. The maximum absolute atomic E-state index is 13.8. The smallest absolute Gasteiger partial charge is 0.229 e. The molecule has 0 saturated carbocycles. The summed E-state index contributed by atoms with van der Waals surface area (Å²) in [6, 6.07) is 4.13. The van der Waals surface area contributed by atoms with Gasteiger partial charge in [0, 0.05) is 19.0 Å². The van der Waals surface area contributed by atoms with Gasteiger partial charge in [0.05, 0.1) is 17.3 Å². The number of nitrogens with zero attached hydrogens (tertiary/aromatic N) is 1. The highest BCUT2D eigenvalue weighted by molar-refractivity contribution is 6.03. The van der Waals surface area contributed by atoms with Crippen LogP contribution >= 0.6 is 0 Å². The van der Waals surface area contributed by atoms with Gasteiger partial charge in [-0.1, -0.05) is 0 Å². The summed E-state index contributed by atoms with van der Waals surface area (Å²) in [5.41, 5.74) is -0.765. The fourth-order valence-corrected chi connectivity index (χ4v) is 2.67. The van der Waals surface area contributed by atoms with Crippen LogP contribution in [0.2, 0.25) is 0 Å². The molecule has 9 heteroatoms. The van der Waals surface area contributed by atoms with Crippen LogP contribution in [-0.2, 0) is 9.59 Å². The Balaban J connectivity index is 1.76. The van der Waals surface area contributed by atoms with Gasteiger partial charge >= 0.3 is 0 Å². The number of benzene rings is 2. The molecule has 0 bridgehead atoms. The van der Waals surface area contributed by atoms with Crippen LogP contribution in [0.1, 0.15) is 6.42 Å². The quantitative estimate of drug-likeness (QED) is 0.665. The third-order valence-corrected chi connectivity index (χ3v) is 3.99. The van der Waals surface area contributed by atoms with E-state index in [2.05, 4.69) is 5.32 Å². The summed E-state index contributed by atoms with van der Waals surface area (Å²) in [7, 11) is 0. The number of hydrogen-bond donors (Lipinski definition) is 1. The summed E-state index contributed by atoms with van der Waals surface area (Å²) in [4.78, 5) is 25.2.